The smallest absolute Gasteiger partial charge is 0.251 e. The number of carbonyl (C=O) groups excluding carboxylic acids is 1. The summed E-state index contributed by atoms with van der Waals surface area (Å²) >= 11 is 0. The maximum absolute atomic E-state index is 12.4. The molecule has 5 nitrogen and oxygen atoms in total. The molecule has 25 heavy (non-hydrogen) atoms. The molecule has 1 unspecified atom stereocenters. The quantitative estimate of drug-likeness (QED) is 0.751. The standard InChI is InChI=1S/C20H26N2O3/c1-13(2)12-25-18-9-8-15(11-19(18)24-4)14(3)22-20(23)16-6-5-7-17(21)10-16/h5-11,13-14H,12,21H2,1-4H3,(H,22,23). The fourth-order valence-corrected chi connectivity index (χ4v) is 2.37. The van der Waals surface area contributed by atoms with Crippen molar-refractivity contribution in [3.8, 4) is 11.5 Å². The van der Waals surface area contributed by atoms with Crippen LogP contribution in [0.3, 0.4) is 0 Å². The second kappa shape index (κ2) is 8.42. The number of methoxy groups -OCH3 is 1. The van der Waals surface area contributed by atoms with Crippen LogP contribution in [0.15, 0.2) is 42.5 Å². The van der Waals surface area contributed by atoms with E-state index in [4.69, 9.17) is 15.2 Å². The number of hydrogen-bond donors (Lipinski definition) is 2. The van der Waals surface area contributed by atoms with Crippen LogP contribution in [0.4, 0.5) is 5.69 Å². The van der Waals surface area contributed by atoms with Crippen LogP contribution in [0.2, 0.25) is 0 Å². The first-order valence-corrected chi connectivity index (χ1v) is 8.38. The van der Waals surface area contributed by atoms with E-state index in [0.29, 0.717) is 35.3 Å². The first-order chi connectivity index (χ1) is 11.9. The fraction of sp³-hybridized carbons (Fsp3) is 0.350. The summed E-state index contributed by atoms with van der Waals surface area (Å²) in [6.07, 6.45) is 0. The van der Waals surface area contributed by atoms with Gasteiger partial charge >= 0.3 is 0 Å². The lowest BCUT2D eigenvalue weighted by molar-refractivity contribution is 0.0940. The number of nitrogens with one attached hydrogen (secondary N) is 1. The van der Waals surface area contributed by atoms with E-state index in [2.05, 4.69) is 19.2 Å². The number of anilines is 1. The maximum Gasteiger partial charge on any atom is 0.251 e. The molecule has 0 aliphatic carbocycles. The number of nitrogens with two attached hydrogens (primary N) is 1. The van der Waals surface area contributed by atoms with Crippen molar-refractivity contribution in [1.29, 1.82) is 0 Å². The number of carbonyl (C=O) groups is 1. The Morgan fingerprint density at radius 3 is 2.52 bits per heavy atom. The molecule has 5 heteroatoms. The van der Waals surface area contributed by atoms with Gasteiger partial charge in [0.1, 0.15) is 0 Å². The summed E-state index contributed by atoms with van der Waals surface area (Å²) in [5.41, 5.74) is 7.77. The summed E-state index contributed by atoms with van der Waals surface area (Å²) < 4.78 is 11.2. The minimum absolute atomic E-state index is 0.168. The molecule has 0 bridgehead atoms. The van der Waals surface area contributed by atoms with Gasteiger partial charge in [0.25, 0.3) is 5.91 Å². The highest BCUT2D eigenvalue weighted by Gasteiger charge is 2.14. The zero-order valence-corrected chi connectivity index (χ0v) is 15.2. The third-order valence-electron chi connectivity index (χ3n) is 3.76. The van der Waals surface area contributed by atoms with Crippen molar-refractivity contribution in [2.75, 3.05) is 19.5 Å². The number of benzene rings is 2. The van der Waals surface area contributed by atoms with Crippen LogP contribution >= 0.6 is 0 Å². The summed E-state index contributed by atoms with van der Waals surface area (Å²) in [5, 5.41) is 2.97. The molecule has 0 aliphatic rings. The molecule has 3 N–H and O–H groups in total. The second-order valence-corrected chi connectivity index (χ2v) is 6.44. The molecule has 2 rings (SSSR count). The average molecular weight is 342 g/mol. The van der Waals surface area contributed by atoms with Gasteiger partial charge in [0.15, 0.2) is 11.5 Å². The number of amides is 1. The summed E-state index contributed by atoms with van der Waals surface area (Å²) in [4.78, 5) is 12.4. The van der Waals surface area contributed by atoms with E-state index in [-0.39, 0.29) is 11.9 Å². The number of hydrogen-bond acceptors (Lipinski definition) is 4. The van der Waals surface area contributed by atoms with E-state index in [1.807, 2.05) is 25.1 Å². The van der Waals surface area contributed by atoms with Gasteiger partial charge in [-0.2, -0.15) is 0 Å². The zero-order valence-electron chi connectivity index (χ0n) is 15.2. The van der Waals surface area contributed by atoms with E-state index in [1.54, 1.807) is 31.4 Å². The minimum Gasteiger partial charge on any atom is -0.493 e. The Morgan fingerprint density at radius 2 is 1.88 bits per heavy atom. The molecule has 0 fully saturated rings. The molecular weight excluding hydrogens is 316 g/mol. The van der Waals surface area contributed by atoms with Crippen molar-refractivity contribution in [1.82, 2.24) is 5.32 Å². The first-order valence-electron chi connectivity index (χ1n) is 8.38. The van der Waals surface area contributed by atoms with E-state index in [9.17, 15) is 4.79 Å². The van der Waals surface area contributed by atoms with Crippen molar-refractivity contribution in [2.24, 2.45) is 5.92 Å². The van der Waals surface area contributed by atoms with E-state index in [0.717, 1.165) is 5.56 Å². The van der Waals surface area contributed by atoms with Crippen LogP contribution in [-0.4, -0.2) is 19.6 Å². The van der Waals surface area contributed by atoms with E-state index < -0.39 is 0 Å². The Morgan fingerprint density at radius 1 is 1.12 bits per heavy atom. The van der Waals surface area contributed by atoms with Gasteiger partial charge in [0.05, 0.1) is 19.8 Å². The van der Waals surface area contributed by atoms with Crippen LogP contribution in [0.1, 0.15) is 42.7 Å². The van der Waals surface area contributed by atoms with Gasteiger partial charge < -0.3 is 20.5 Å². The Balaban J connectivity index is 2.10. The molecule has 0 spiro atoms. The lowest BCUT2D eigenvalue weighted by Crippen LogP contribution is -2.26. The highest BCUT2D eigenvalue weighted by Crippen LogP contribution is 2.30. The molecule has 0 aliphatic heterocycles. The van der Waals surface area contributed by atoms with Crippen LogP contribution in [0.25, 0.3) is 0 Å². The van der Waals surface area contributed by atoms with Gasteiger partial charge in [-0.25, -0.2) is 0 Å². The monoisotopic (exact) mass is 342 g/mol. The first kappa shape index (κ1) is 18.6. The molecule has 0 saturated heterocycles. The third kappa shape index (κ3) is 5.14. The topological polar surface area (TPSA) is 73.6 Å². The van der Waals surface area contributed by atoms with Crippen molar-refractivity contribution in [2.45, 2.75) is 26.8 Å². The van der Waals surface area contributed by atoms with E-state index >= 15 is 0 Å². The molecular formula is C20H26N2O3. The van der Waals surface area contributed by atoms with Crippen LogP contribution < -0.4 is 20.5 Å². The predicted molar refractivity (Wildman–Crippen MR) is 100 cm³/mol. The molecule has 0 aromatic heterocycles. The third-order valence-corrected chi connectivity index (χ3v) is 3.76. The normalized spacial score (nSPS) is 11.9. The van der Waals surface area contributed by atoms with Gasteiger partial charge in [-0.3, -0.25) is 4.79 Å². The molecule has 0 radical (unpaired) electrons. The van der Waals surface area contributed by atoms with Gasteiger partial charge in [-0.05, 0) is 48.7 Å². The molecule has 0 saturated carbocycles. The van der Waals surface area contributed by atoms with Crippen molar-refractivity contribution in [3.63, 3.8) is 0 Å². The Hall–Kier alpha value is -2.69. The summed E-state index contributed by atoms with van der Waals surface area (Å²) in [6.45, 7) is 6.73. The second-order valence-electron chi connectivity index (χ2n) is 6.44. The average Bonchev–Trinajstić information content (AvgIpc) is 2.59. The Labute approximate surface area is 149 Å². The predicted octanol–water partition coefficient (Wildman–Crippen LogP) is 3.80. The summed E-state index contributed by atoms with van der Waals surface area (Å²) in [5.74, 6) is 1.62. The van der Waals surface area contributed by atoms with Crippen LogP contribution in [0, 0.1) is 5.92 Å². The molecule has 1 amide bonds. The Kier molecular flexibility index (Phi) is 6.28. The SMILES string of the molecule is COc1cc(C(C)NC(=O)c2cccc(N)c2)ccc1OCC(C)C. The zero-order chi connectivity index (χ0) is 18.4. The number of ether oxygens (including phenoxy) is 2. The lowest BCUT2D eigenvalue weighted by Gasteiger charge is -2.18. The van der Waals surface area contributed by atoms with Crippen molar-refractivity contribution >= 4 is 11.6 Å². The molecule has 134 valence electrons. The van der Waals surface area contributed by atoms with Crippen molar-refractivity contribution in [3.05, 3.63) is 53.6 Å². The van der Waals surface area contributed by atoms with Gasteiger partial charge in [0, 0.05) is 11.3 Å². The molecule has 0 heterocycles. The van der Waals surface area contributed by atoms with Crippen LogP contribution in [0.5, 0.6) is 11.5 Å². The summed E-state index contributed by atoms with van der Waals surface area (Å²) in [7, 11) is 1.61. The van der Waals surface area contributed by atoms with E-state index in [1.165, 1.54) is 0 Å². The molecule has 1 atom stereocenters. The van der Waals surface area contributed by atoms with Gasteiger partial charge in [0.2, 0.25) is 0 Å². The number of rotatable bonds is 7. The van der Waals surface area contributed by atoms with Gasteiger partial charge in [-0.1, -0.05) is 26.0 Å². The maximum atomic E-state index is 12.4. The lowest BCUT2D eigenvalue weighted by atomic mass is 10.1. The van der Waals surface area contributed by atoms with Crippen molar-refractivity contribution < 1.29 is 14.3 Å². The van der Waals surface area contributed by atoms with Gasteiger partial charge in [-0.15, -0.1) is 0 Å². The van der Waals surface area contributed by atoms with Crippen LogP contribution in [-0.2, 0) is 0 Å². The fourth-order valence-electron chi connectivity index (χ4n) is 2.37. The number of nitrogen functional groups attached to an aromatic ring is 1. The Bertz CT molecular complexity index is 729. The minimum atomic E-state index is -0.179. The largest absolute Gasteiger partial charge is 0.493 e. The highest BCUT2D eigenvalue weighted by atomic mass is 16.5. The molecule has 2 aromatic rings. The summed E-state index contributed by atoms with van der Waals surface area (Å²) in [6, 6.07) is 12.4. The molecule has 2 aromatic carbocycles. The highest BCUT2D eigenvalue weighted by molar-refractivity contribution is 5.95.